The molecule has 15 heavy (non-hydrogen) atoms. The SMILES string of the molecule is CC1=CC(=O)C=C2C(C)(C)[C@H]3CC[C@@]12C3. The van der Waals surface area contributed by atoms with Gasteiger partial charge in [0.1, 0.15) is 0 Å². The molecule has 2 bridgehead atoms. The fourth-order valence-corrected chi connectivity index (χ4v) is 4.17. The van der Waals surface area contributed by atoms with Gasteiger partial charge in [-0.25, -0.2) is 0 Å². The Kier molecular flexibility index (Phi) is 1.53. The van der Waals surface area contributed by atoms with Crippen LogP contribution in [0.4, 0.5) is 0 Å². The van der Waals surface area contributed by atoms with Crippen LogP contribution in [0.15, 0.2) is 23.3 Å². The highest BCUT2D eigenvalue weighted by molar-refractivity contribution is 6.02. The molecule has 1 nitrogen and oxygen atoms in total. The van der Waals surface area contributed by atoms with Crippen LogP contribution in [0.3, 0.4) is 0 Å². The van der Waals surface area contributed by atoms with Crippen molar-refractivity contribution < 1.29 is 4.79 Å². The van der Waals surface area contributed by atoms with Crippen molar-refractivity contribution in [3.63, 3.8) is 0 Å². The van der Waals surface area contributed by atoms with E-state index >= 15 is 0 Å². The summed E-state index contributed by atoms with van der Waals surface area (Å²) in [5.41, 5.74) is 3.28. The maximum atomic E-state index is 11.6. The Labute approximate surface area is 91.2 Å². The number of rotatable bonds is 0. The van der Waals surface area contributed by atoms with Gasteiger partial charge in [0.25, 0.3) is 0 Å². The lowest BCUT2D eigenvalue weighted by Gasteiger charge is -2.41. The Morgan fingerprint density at radius 2 is 2.07 bits per heavy atom. The van der Waals surface area contributed by atoms with Gasteiger partial charge in [0.2, 0.25) is 0 Å². The molecular weight excluding hydrogens is 184 g/mol. The minimum Gasteiger partial charge on any atom is -0.290 e. The zero-order valence-electron chi connectivity index (χ0n) is 9.76. The molecule has 80 valence electrons. The zero-order chi connectivity index (χ0) is 10.8. The van der Waals surface area contributed by atoms with Gasteiger partial charge in [0.05, 0.1) is 0 Å². The van der Waals surface area contributed by atoms with Gasteiger partial charge in [0, 0.05) is 5.41 Å². The molecule has 1 spiro atoms. The maximum Gasteiger partial charge on any atom is 0.178 e. The van der Waals surface area contributed by atoms with Crippen LogP contribution in [0.2, 0.25) is 0 Å². The van der Waals surface area contributed by atoms with Crippen molar-refractivity contribution in [1.82, 2.24) is 0 Å². The fraction of sp³-hybridized carbons (Fsp3) is 0.643. The summed E-state index contributed by atoms with van der Waals surface area (Å²) < 4.78 is 0. The molecule has 1 heteroatoms. The first kappa shape index (κ1) is 9.38. The van der Waals surface area contributed by atoms with E-state index in [1.165, 1.54) is 30.4 Å². The zero-order valence-corrected chi connectivity index (χ0v) is 9.76. The van der Waals surface area contributed by atoms with E-state index in [1.54, 1.807) is 0 Å². The van der Waals surface area contributed by atoms with Crippen LogP contribution in [-0.4, -0.2) is 5.78 Å². The predicted molar refractivity (Wildman–Crippen MR) is 60.4 cm³/mol. The van der Waals surface area contributed by atoms with Gasteiger partial charge < -0.3 is 0 Å². The molecule has 0 radical (unpaired) electrons. The molecule has 3 rings (SSSR count). The molecule has 2 saturated carbocycles. The lowest BCUT2D eigenvalue weighted by atomic mass is 9.63. The van der Waals surface area contributed by atoms with Gasteiger partial charge in [-0.1, -0.05) is 25.0 Å². The molecule has 0 amide bonds. The summed E-state index contributed by atoms with van der Waals surface area (Å²) in [6.07, 6.45) is 7.66. The molecule has 0 aromatic rings. The van der Waals surface area contributed by atoms with E-state index < -0.39 is 0 Å². The topological polar surface area (TPSA) is 17.1 Å². The van der Waals surface area contributed by atoms with E-state index in [0.29, 0.717) is 0 Å². The normalized spacial score (nSPS) is 41.3. The highest BCUT2D eigenvalue weighted by Crippen LogP contribution is 2.69. The highest BCUT2D eigenvalue weighted by Gasteiger charge is 2.59. The summed E-state index contributed by atoms with van der Waals surface area (Å²) in [7, 11) is 0. The second-order valence-electron chi connectivity index (χ2n) is 6.03. The molecule has 3 aliphatic carbocycles. The van der Waals surface area contributed by atoms with Gasteiger partial charge in [-0.3, -0.25) is 4.79 Å². The van der Waals surface area contributed by atoms with Crippen LogP contribution >= 0.6 is 0 Å². The Bertz CT molecular complexity index is 411. The van der Waals surface area contributed by atoms with E-state index in [-0.39, 0.29) is 16.6 Å². The maximum absolute atomic E-state index is 11.6. The van der Waals surface area contributed by atoms with Crippen LogP contribution in [0.5, 0.6) is 0 Å². The molecular formula is C14H18O. The Morgan fingerprint density at radius 1 is 1.33 bits per heavy atom. The van der Waals surface area contributed by atoms with Crippen molar-refractivity contribution in [2.75, 3.05) is 0 Å². The van der Waals surface area contributed by atoms with E-state index in [4.69, 9.17) is 0 Å². The summed E-state index contributed by atoms with van der Waals surface area (Å²) in [5.74, 6) is 0.992. The second kappa shape index (κ2) is 2.45. The fourth-order valence-electron chi connectivity index (χ4n) is 4.17. The second-order valence-corrected chi connectivity index (χ2v) is 6.03. The number of allylic oxidation sites excluding steroid dienone is 4. The van der Waals surface area contributed by atoms with Crippen LogP contribution in [0.25, 0.3) is 0 Å². The molecule has 0 heterocycles. The quantitative estimate of drug-likeness (QED) is 0.589. The smallest absolute Gasteiger partial charge is 0.178 e. The van der Waals surface area contributed by atoms with Gasteiger partial charge in [-0.2, -0.15) is 0 Å². The third-order valence-corrected chi connectivity index (χ3v) is 5.15. The average molecular weight is 202 g/mol. The lowest BCUT2D eigenvalue weighted by molar-refractivity contribution is -0.110. The summed E-state index contributed by atoms with van der Waals surface area (Å²) in [6.45, 7) is 6.78. The first-order valence-electron chi connectivity index (χ1n) is 5.92. The molecule has 0 aliphatic heterocycles. The first-order valence-corrected chi connectivity index (χ1v) is 5.92. The minimum absolute atomic E-state index is 0.203. The van der Waals surface area contributed by atoms with E-state index in [1.807, 2.05) is 12.2 Å². The summed E-state index contributed by atoms with van der Waals surface area (Å²) >= 11 is 0. The van der Waals surface area contributed by atoms with Crippen LogP contribution in [0, 0.1) is 16.7 Å². The van der Waals surface area contributed by atoms with E-state index in [0.717, 1.165) is 5.92 Å². The largest absolute Gasteiger partial charge is 0.290 e. The Balaban J connectivity index is 2.21. The Morgan fingerprint density at radius 3 is 2.80 bits per heavy atom. The first-order chi connectivity index (χ1) is 6.97. The molecule has 0 N–H and O–H groups in total. The number of hydrogen-bond donors (Lipinski definition) is 0. The highest BCUT2D eigenvalue weighted by atomic mass is 16.1. The monoisotopic (exact) mass is 202 g/mol. The third kappa shape index (κ3) is 0.920. The van der Waals surface area contributed by atoms with Crippen molar-refractivity contribution in [2.24, 2.45) is 16.7 Å². The predicted octanol–water partition coefficient (Wildman–Crippen LogP) is 3.27. The van der Waals surface area contributed by atoms with Crippen molar-refractivity contribution >= 4 is 5.78 Å². The number of ketones is 1. The van der Waals surface area contributed by atoms with Crippen molar-refractivity contribution in [3.8, 4) is 0 Å². The molecule has 0 aromatic carbocycles. The summed E-state index contributed by atoms with van der Waals surface area (Å²) in [4.78, 5) is 11.6. The summed E-state index contributed by atoms with van der Waals surface area (Å²) in [6, 6.07) is 0. The van der Waals surface area contributed by atoms with E-state index in [2.05, 4.69) is 20.8 Å². The van der Waals surface area contributed by atoms with Gasteiger partial charge in [-0.05, 0) is 49.7 Å². The van der Waals surface area contributed by atoms with Crippen LogP contribution in [0.1, 0.15) is 40.0 Å². The average Bonchev–Trinajstić information content (AvgIpc) is 2.64. The van der Waals surface area contributed by atoms with Crippen molar-refractivity contribution in [1.29, 1.82) is 0 Å². The van der Waals surface area contributed by atoms with Crippen molar-refractivity contribution in [2.45, 2.75) is 40.0 Å². The molecule has 0 saturated heterocycles. The number of fused-ring (bicyclic) bond motifs is 1. The lowest BCUT2D eigenvalue weighted by Crippen LogP contribution is -2.31. The number of carbonyl (C=O) groups excluding carboxylic acids is 1. The molecule has 2 fully saturated rings. The summed E-state index contributed by atoms with van der Waals surface area (Å²) in [5, 5.41) is 0. The molecule has 0 unspecified atom stereocenters. The Hall–Kier alpha value is -0.850. The van der Waals surface area contributed by atoms with E-state index in [9.17, 15) is 4.79 Å². The number of carbonyl (C=O) groups is 1. The standard InChI is InChI=1S/C14H18O/c1-9-6-11(15)7-12-13(2,3)10-4-5-14(9,12)8-10/h6-7,10H,4-5,8H2,1-3H3/t10-,14+/m0/s1. The minimum atomic E-state index is 0.203. The van der Waals surface area contributed by atoms with Gasteiger partial charge >= 0.3 is 0 Å². The van der Waals surface area contributed by atoms with Gasteiger partial charge in [0.15, 0.2) is 5.78 Å². The van der Waals surface area contributed by atoms with Crippen LogP contribution < -0.4 is 0 Å². The third-order valence-electron chi connectivity index (χ3n) is 5.15. The molecule has 2 atom stereocenters. The molecule has 0 aromatic heterocycles. The van der Waals surface area contributed by atoms with Crippen molar-refractivity contribution in [3.05, 3.63) is 23.3 Å². The van der Waals surface area contributed by atoms with Gasteiger partial charge in [-0.15, -0.1) is 0 Å². The number of hydrogen-bond acceptors (Lipinski definition) is 1. The molecule has 3 aliphatic rings. The van der Waals surface area contributed by atoms with Crippen LogP contribution in [-0.2, 0) is 4.79 Å².